The van der Waals surface area contributed by atoms with E-state index in [1.807, 2.05) is 13.0 Å². The average molecular weight is 286 g/mol. The number of nitrogen functional groups attached to an aromatic ring is 1. The Labute approximate surface area is 111 Å². The molecule has 1 aliphatic heterocycles. The summed E-state index contributed by atoms with van der Waals surface area (Å²) >= 11 is 0. The second-order valence-electron chi connectivity index (χ2n) is 4.79. The summed E-state index contributed by atoms with van der Waals surface area (Å²) in [6.07, 6.45) is 0.0247. The van der Waals surface area contributed by atoms with Gasteiger partial charge in [0, 0.05) is 18.9 Å². The molecule has 0 aliphatic carbocycles. The van der Waals surface area contributed by atoms with Crippen LogP contribution in [-0.4, -0.2) is 26.6 Å². The SMILES string of the molecule is Cc1cccc(N)c1N1CC(CS(=O)(=O)F)CC1=O. The molecule has 1 atom stereocenters. The summed E-state index contributed by atoms with van der Waals surface area (Å²) in [6, 6.07) is 5.27. The molecule has 0 spiro atoms. The molecule has 5 nitrogen and oxygen atoms in total. The molecule has 0 aromatic heterocycles. The van der Waals surface area contributed by atoms with Crippen molar-refractivity contribution in [3.05, 3.63) is 23.8 Å². The highest BCUT2D eigenvalue weighted by Gasteiger charge is 2.34. The molecule has 2 N–H and O–H groups in total. The van der Waals surface area contributed by atoms with Crippen LogP contribution in [0.15, 0.2) is 18.2 Å². The number of hydrogen-bond acceptors (Lipinski definition) is 4. The van der Waals surface area contributed by atoms with Crippen LogP contribution in [0.5, 0.6) is 0 Å². The van der Waals surface area contributed by atoms with Gasteiger partial charge in [-0.05, 0) is 18.6 Å². The lowest BCUT2D eigenvalue weighted by Gasteiger charge is -2.20. The van der Waals surface area contributed by atoms with Gasteiger partial charge in [-0.25, -0.2) is 0 Å². The van der Waals surface area contributed by atoms with Gasteiger partial charge in [0.15, 0.2) is 0 Å². The number of anilines is 2. The Morgan fingerprint density at radius 3 is 2.74 bits per heavy atom. The Hall–Kier alpha value is -1.63. The lowest BCUT2D eigenvalue weighted by molar-refractivity contribution is -0.117. The van der Waals surface area contributed by atoms with E-state index >= 15 is 0 Å². The van der Waals surface area contributed by atoms with E-state index < -0.39 is 21.9 Å². The van der Waals surface area contributed by atoms with Gasteiger partial charge in [0.2, 0.25) is 5.91 Å². The van der Waals surface area contributed by atoms with E-state index in [-0.39, 0.29) is 18.9 Å². The maximum atomic E-state index is 12.7. The topological polar surface area (TPSA) is 80.5 Å². The van der Waals surface area contributed by atoms with Crippen LogP contribution in [0.25, 0.3) is 0 Å². The summed E-state index contributed by atoms with van der Waals surface area (Å²) in [5.74, 6) is -1.38. The summed E-state index contributed by atoms with van der Waals surface area (Å²) in [5, 5.41) is 0. The standard InChI is InChI=1S/C12H15FN2O3S/c1-8-3-2-4-10(14)12(8)15-6-9(5-11(15)16)7-19(13,17)18/h2-4,9H,5-7,14H2,1H3. The third kappa shape index (κ3) is 3.04. The highest BCUT2D eigenvalue weighted by Crippen LogP contribution is 2.33. The Kier molecular flexibility index (Phi) is 3.49. The minimum atomic E-state index is -4.57. The largest absolute Gasteiger partial charge is 0.397 e. The molecule has 104 valence electrons. The monoisotopic (exact) mass is 286 g/mol. The van der Waals surface area contributed by atoms with Crippen molar-refractivity contribution < 1.29 is 17.1 Å². The van der Waals surface area contributed by atoms with Crippen molar-refractivity contribution in [2.24, 2.45) is 5.92 Å². The minimum Gasteiger partial charge on any atom is -0.397 e. The van der Waals surface area contributed by atoms with Crippen LogP contribution in [0.4, 0.5) is 15.3 Å². The number of para-hydroxylation sites is 1. The summed E-state index contributed by atoms with van der Waals surface area (Å²) in [6.45, 7) is 2.00. The highest BCUT2D eigenvalue weighted by molar-refractivity contribution is 7.86. The molecule has 1 amide bonds. The predicted octanol–water partition coefficient (Wildman–Crippen LogP) is 1.23. The number of carbonyl (C=O) groups is 1. The summed E-state index contributed by atoms with van der Waals surface area (Å²) in [4.78, 5) is 13.4. The lowest BCUT2D eigenvalue weighted by Crippen LogP contribution is -2.27. The number of nitrogens with zero attached hydrogens (tertiary/aromatic N) is 1. The first-order valence-corrected chi connectivity index (χ1v) is 7.41. The van der Waals surface area contributed by atoms with Gasteiger partial charge in [-0.1, -0.05) is 12.1 Å². The molecule has 1 saturated heterocycles. The first-order chi connectivity index (χ1) is 8.78. The van der Waals surface area contributed by atoms with Crippen molar-refractivity contribution in [1.29, 1.82) is 0 Å². The zero-order valence-corrected chi connectivity index (χ0v) is 11.3. The van der Waals surface area contributed by atoms with Crippen LogP contribution in [0.1, 0.15) is 12.0 Å². The summed E-state index contributed by atoms with van der Waals surface area (Å²) < 4.78 is 34.0. The number of nitrogens with two attached hydrogens (primary N) is 1. The molecular weight excluding hydrogens is 271 g/mol. The Morgan fingerprint density at radius 2 is 2.16 bits per heavy atom. The zero-order chi connectivity index (χ0) is 14.2. The predicted molar refractivity (Wildman–Crippen MR) is 70.9 cm³/mol. The molecule has 1 fully saturated rings. The van der Waals surface area contributed by atoms with Crippen molar-refractivity contribution >= 4 is 27.5 Å². The molecule has 2 rings (SSSR count). The third-order valence-electron chi connectivity index (χ3n) is 3.18. The fraction of sp³-hybridized carbons (Fsp3) is 0.417. The fourth-order valence-electron chi connectivity index (χ4n) is 2.44. The number of aryl methyl sites for hydroxylation is 1. The van der Waals surface area contributed by atoms with E-state index in [1.54, 1.807) is 12.1 Å². The molecular formula is C12H15FN2O3S. The first kappa shape index (κ1) is 13.8. The van der Waals surface area contributed by atoms with Gasteiger partial charge in [0.25, 0.3) is 0 Å². The van der Waals surface area contributed by atoms with Gasteiger partial charge in [-0.2, -0.15) is 8.42 Å². The number of carbonyl (C=O) groups excluding carboxylic acids is 1. The van der Waals surface area contributed by atoms with Crippen LogP contribution in [0.2, 0.25) is 0 Å². The molecule has 1 aliphatic rings. The molecule has 1 aromatic carbocycles. The van der Waals surface area contributed by atoms with Gasteiger partial charge < -0.3 is 10.6 Å². The van der Waals surface area contributed by atoms with Crippen molar-refractivity contribution in [2.75, 3.05) is 22.9 Å². The van der Waals surface area contributed by atoms with E-state index in [2.05, 4.69) is 0 Å². The summed E-state index contributed by atoms with van der Waals surface area (Å²) in [7, 11) is -4.57. The Balaban J connectivity index is 2.26. The van der Waals surface area contributed by atoms with Crippen LogP contribution in [-0.2, 0) is 15.0 Å². The lowest BCUT2D eigenvalue weighted by atomic mass is 10.1. The van der Waals surface area contributed by atoms with E-state index in [4.69, 9.17) is 5.73 Å². The van der Waals surface area contributed by atoms with Crippen LogP contribution < -0.4 is 10.6 Å². The second kappa shape index (κ2) is 4.80. The average Bonchev–Trinajstić information content (AvgIpc) is 2.56. The van der Waals surface area contributed by atoms with Gasteiger partial charge in [0.1, 0.15) is 0 Å². The fourth-order valence-corrected chi connectivity index (χ4v) is 3.23. The third-order valence-corrected chi connectivity index (χ3v) is 4.05. The molecule has 1 unspecified atom stereocenters. The number of hydrogen-bond donors (Lipinski definition) is 1. The normalized spacial score (nSPS) is 20.0. The van der Waals surface area contributed by atoms with Gasteiger partial charge in [-0.3, -0.25) is 4.79 Å². The van der Waals surface area contributed by atoms with Crippen LogP contribution in [0, 0.1) is 12.8 Å². The Morgan fingerprint density at radius 1 is 1.47 bits per heavy atom. The van der Waals surface area contributed by atoms with Crippen molar-refractivity contribution in [1.82, 2.24) is 0 Å². The summed E-state index contributed by atoms with van der Waals surface area (Å²) in [5.41, 5.74) is 7.73. The smallest absolute Gasteiger partial charge is 0.302 e. The van der Waals surface area contributed by atoms with E-state index in [1.165, 1.54) is 4.90 Å². The number of halogens is 1. The molecule has 0 bridgehead atoms. The highest BCUT2D eigenvalue weighted by atomic mass is 32.3. The molecule has 19 heavy (non-hydrogen) atoms. The zero-order valence-electron chi connectivity index (χ0n) is 10.5. The maximum absolute atomic E-state index is 12.7. The van der Waals surface area contributed by atoms with E-state index in [0.717, 1.165) is 5.56 Å². The molecule has 1 aromatic rings. The Bertz CT molecular complexity index is 595. The van der Waals surface area contributed by atoms with Crippen LogP contribution in [0.3, 0.4) is 0 Å². The van der Waals surface area contributed by atoms with Crippen molar-refractivity contribution in [2.45, 2.75) is 13.3 Å². The molecule has 7 heteroatoms. The number of amides is 1. The molecule has 0 saturated carbocycles. The van der Waals surface area contributed by atoms with Gasteiger partial charge in [0.05, 0.1) is 17.1 Å². The van der Waals surface area contributed by atoms with E-state index in [0.29, 0.717) is 11.4 Å². The van der Waals surface area contributed by atoms with Crippen molar-refractivity contribution in [3.63, 3.8) is 0 Å². The first-order valence-electron chi connectivity index (χ1n) is 5.85. The molecule has 0 radical (unpaired) electrons. The quantitative estimate of drug-likeness (QED) is 0.669. The second-order valence-corrected chi connectivity index (χ2v) is 6.20. The van der Waals surface area contributed by atoms with E-state index in [9.17, 15) is 17.1 Å². The number of benzene rings is 1. The minimum absolute atomic E-state index is 0.0247. The van der Waals surface area contributed by atoms with Gasteiger partial charge in [-0.15, -0.1) is 3.89 Å². The maximum Gasteiger partial charge on any atom is 0.302 e. The molecule has 1 heterocycles. The number of rotatable bonds is 3. The van der Waals surface area contributed by atoms with Crippen molar-refractivity contribution in [3.8, 4) is 0 Å². The van der Waals surface area contributed by atoms with Gasteiger partial charge >= 0.3 is 10.2 Å². The van der Waals surface area contributed by atoms with Crippen LogP contribution >= 0.6 is 0 Å².